The number of rotatable bonds is 2. The van der Waals surface area contributed by atoms with Crippen LogP contribution in [0.1, 0.15) is 23.6 Å². The third-order valence-electron chi connectivity index (χ3n) is 2.08. The molecule has 0 N–H and O–H groups in total. The molecule has 4 heteroatoms. The van der Waals surface area contributed by atoms with Crippen LogP contribution in [-0.2, 0) is 9.53 Å². The summed E-state index contributed by atoms with van der Waals surface area (Å²) in [6.07, 6.45) is 1.07. The van der Waals surface area contributed by atoms with E-state index in [0.717, 1.165) is 5.56 Å². The molecule has 1 heterocycles. The first-order chi connectivity index (χ1) is 8.75. The molecule has 0 aliphatic carbocycles. The van der Waals surface area contributed by atoms with Gasteiger partial charge in [0.25, 0.3) is 0 Å². The van der Waals surface area contributed by atoms with Gasteiger partial charge < -0.3 is 4.74 Å². The van der Waals surface area contributed by atoms with Gasteiger partial charge in [0.15, 0.2) is 0 Å². The molecule has 0 fully saturated rings. The van der Waals surface area contributed by atoms with Crippen LogP contribution in [0, 0.1) is 11.8 Å². The van der Waals surface area contributed by atoms with E-state index in [2.05, 4.69) is 16.8 Å². The van der Waals surface area contributed by atoms with Crippen LogP contribution in [0.4, 0.5) is 0 Å². The molecule has 2 rings (SSSR count). The number of carbonyl (C=O) groups is 1. The summed E-state index contributed by atoms with van der Waals surface area (Å²) in [5.41, 5.74) is 0.881. The summed E-state index contributed by atoms with van der Waals surface area (Å²) in [5, 5.41) is 2.52. The van der Waals surface area contributed by atoms with E-state index in [0.29, 0.717) is 5.01 Å². The standard InChI is InChI=1S/C14H11NO2S/c1-11(16)17-13(14-15-9-10-18-14)8-7-12-5-3-2-4-6-12/h2-6,9-10,13H,1H3. The molecule has 0 radical (unpaired) electrons. The van der Waals surface area contributed by atoms with Crippen molar-refractivity contribution in [2.75, 3.05) is 0 Å². The summed E-state index contributed by atoms with van der Waals surface area (Å²) in [7, 11) is 0. The number of hydrogen-bond acceptors (Lipinski definition) is 4. The van der Waals surface area contributed by atoms with Crippen molar-refractivity contribution < 1.29 is 9.53 Å². The van der Waals surface area contributed by atoms with Crippen molar-refractivity contribution >= 4 is 17.3 Å². The fourth-order valence-electron chi connectivity index (χ4n) is 1.34. The highest BCUT2D eigenvalue weighted by Gasteiger charge is 2.14. The van der Waals surface area contributed by atoms with E-state index in [-0.39, 0.29) is 5.97 Å². The van der Waals surface area contributed by atoms with E-state index in [9.17, 15) is 4.79 Å². The Bertz CT molecular complexity index is 567. The Morgan fingerprint density at radius 3 is 2.78 bits per heavy atom. The number of carbonyl (C=O) groups excluding carboxylic acids is 1. The second-order valence-electron chi connectivity index (χ2n) is 3.50. The van der Waals surface area contributed by atoms with E-state index >= 15 is 0 Å². The van der Waals surface area contributed by atoms with Crippen LogP contribution in [0.3, 0.4) is 0 Å². The number of benzene rings is 1. The molecular formula is C14H11NO2S. The third kappa shape index (κ3) is 3.44. The van der Waals surface area contributed by atoms with Crippen LogP contribution in [0.15, 0.2) is 41.9 Å². The molecule has 0 saturated heterocycles. The Labute approximate surface area is 109 Å². The minimum atomic E-state index is -0.595. The molecule has 0 aliphatic rings. The molecule has 1 atom stereocenters. The molecule has 1 aromatic carbocycles. The monoisotopic (exact) mass is 257 g/mol. The zero-order valence-corrected chi connectivity index (χ0v) is 10.6. The first kappa shape index (κ1) is 12.3. The maximum Gasteiger partial charge on any atom is 0.304 e. The van der Waals surface area contributed by atoms with Crippen molar-refractivity contribution in [1.29, 1.82) is 0 Å². The number of esters is 1. The molecule has 2 aromatic rings. The van der Waals surface area contributed by atoms with Gasteiger partial charge in [-0.15, -0.1) is 11.3 Å². The minimum absolute atomic E-state index is 0.363. The average molecular weight is 257 g/mol. The highest BCUT2D eigenvalue weighted by Crippen LogP contribution is 2.19. The van der Waals surface area contributed by atoms with Gasteiger partial charge in [0.1, 0.15) is 5.01 Å². The van der Waals surface area contributed by atoms with Gasteiger partial charge in [-0.1, -0.05) is 24.1 Å². The summed E-state index contributed by atoms with van der Waals surface area (Å²) >= 11 is 1.42. The number of ether oxygens (including phenoxy) is 1. The number of nitrogens with zero attached hydrogens (tertiary/aromatic N) is 1. The van der Waals surface area contributed by atoms with Crippen LogP contribution in [0.5, 0.6) is 0 Å². The minimum Gasteiger partial charge on any atom is -0.442 e. The molecule has 0 saturated carbocycles. The largest absolute Gasteiger partial charge is 0.442 e. The van der Waals surface area contributed by atoms with E-state index in [1.165, 1.54) is 18.3 Å². The lowest BCUT2D eigenvalue weighted by Crippen LogP contribution is -2.06. The van der Waals surface area contributed by atoms with Gasteiger partial charge >= 0.3 is 5.97 Å². The molecule has 0 amide bonds. The zero-order chi connectivity index (χ0) is 12.8. The third-order valence-corrected chi connectivity index (χ3v) is 2.90. The summed E-state index contributed by atoms with van der Waals surface area (Å²) in [4.78, 5) is 15.2. The fourth-order valence-corrected chi connectivity index (χ4v) is 1.96. The van der Waals surface area contributed by atoms with Gasteiger partial charge in [-0.3, -0.25) is 4.79 Å². The van der Waals surface area contributed by atoms with Gasteiger partial charge in [-0.2, -0.15) is 0 Å². The van der Waals surface area contributed by atoms with Gasteiger partial charge in [-0.05, 0) is 18.1 Å². The highest BCUT2D eigenvalue weighted by molar-refractivity contribution is 7.09. The van der Waals surface area contributed by atoms with Crippen LogP contribution < -0.4 is 0 Å². The molecule has 90 valence electrons. The number of aromatic nitrogens is 1. The quantitative estimate of drug-likeness (QED) is 0.613. The second kappa shape index (κ2) is 5.99. The van der Waals surface area contributed by atoms with Crippen molar-refractivity contribution in [3.05, 3.63) is 52.5 Å². The maximum atomic E-state index is 11.0. The topological polar surface area (TPSA) is 39.2 Å². The lowest BCUT2D eigenvalue weighted by atomic mass is 10.2. The van der Waals surface area contributed by atoms with Crippen LogP contribution >= 0.6 is 11.3 Å². The maximum absolute atomic E-state index is 11.0. The van der Waals surface area contributed by atoms with E-state index in [4.69, 9.17) is 4.74 Å². The van der Waals surface area contributed by atoms with Gasteiger partial charge in [-0.25, -0.2) is 4.98 Å². The van der Waals surface area contributed by atoms with Crippen LogP contribution in [0.25, 0.3) is 0 Å². The van der Waals surface area contributed by atoms with Gasteiger partial charge in [0.05, 0.1) is 0 Å². The molecule has 1 aromatic heterocycles. The van der Waals surface area contributed by atoms with Crippen molar-refractivity contribution in [2.45, 2.75) is 13.0 Å². The van der Waals surface area contributed by atoms with Crippen LogP contribution in [0.2, 0.25) is 0 Å². The smallest absolute Gasteiger partial charge is 0.304 e. The molecule has 18 heavy (non-hydrogen) atoms. The van der Waals surface area contributed by atoms with E-state index in [1.807, 2.05) is 35.7 Å². The van der Waals surface area contributed by atoms with Crippen molar-refractivity contribution in [2.24, 2.45) is 0 Å². The van der Waals surface area contributed by atoms with Gasteiger partial charge in [0.2, 0.25) is 6.10 Å². The normalized spacial score (nSPS) is 11.2. The Hall–Kier alpha value is -2.12. The van der Waals surface area contributed by atoms with Crippen molar-refractivity contribution in [1.82, 2.24) is 4.98 Å². The first-order valence-electron chi connectivity index (χ1n) is 5.39. The van der Waals surface area contributed by atoms with Crippen molar-refractivity contribution in [3.8, 4) is 11.8 Å². The SMILES string of the molecule is CC(=O)OC(C#Cc1ccccc1)c1nccs1. The number of thiazole rings is 1. The lowest BCUT2D eigenvalue weighted by Gasteiger charge is -2.07. The average Bonchev–Trinajstić information content (AvgIpc) is 2.89. The Morgan fingerprint density at radius 2 is 2.17 bits per heavy atom. The molecule has 0 aliphatic heterocycles. The van der Waals surface area contributed by atoms with Crippen LogP contribution in [-0.4, -0.2) is 11.0 Å². The first-order valence-corrected chi connectivity index (χ1v) is 6.27. The predicted molar refractivity (Wildman–Crippen MR) is 69.9 cm³/mol. The molecule has 3 nitrogen and oxygen atoms in total. The van der Waals surface area contributed by atoms with Gasteiger partial charge in [0, 0.05) is 24.1 Å². The highest BCUT2D eigenvalue weighted by atomic mass is 32.1. The summed E-state index contributed by atoms with van der Waals surface area (Å²) in [6.45, 7) is 1.37. The summed E-state index contributed by atoms with van der Waals surface area (Å²) < 4.78 is 5.15. The molecule has 1 unspecified atom stereocenters. The fraction of sp³-hybridized carbons (Fsp3) is 0.143. The number of hydrogen-bond donors (Lipinski definition) is 0. The Balaban J connectivity index is 2.21. The van der Waals surface area contributed by atoms with E-state index in [1.54, 1.807) is 6.20 Å². The lowest BCUT2D eigenvalue weighted by molar-refractivity contribution is -0.144. The second-order valence-corrected chi connectivity index (χ2v) is 4.42. The summed E-state index contributed by atoms with van der Waals surface area (Å²) in [6, 6.07) is 9.55. The zero-order valence-electron chi connectivity index (χ0n) is 9.79. The Morgan fingerprint density at radius 1 is 1.39 bits per heavy atom. The van der Waals surface area contributed by atoms with E-state index < -0.39 is 6.10 Å². The Kier molecular flexibility index (Phi) is 4.11. The molecule has 0 bridgehead atoms. The predicted octanol–water partition coefficient (Wildman–Crippen LogP) is 2.80. The van der Waals surface area contributed by atoms with Crippen molar-refractivity contribution in [3.63, 3.8) is 0 Å². The molecule has 0 spiro atoms. The summed E-state index contributed by atoms with van der Waals surface area (Å²) in [5.74, 6) is 5.54. The molecular weight excluding hydrogens is 246 g/mol.